The molecule has 1 heterocycles. The Morgan fingerprint density at radius 1 is 1.36 bits per heavy atom. The minimum absolute atomic E-state index is 0.0836. The number of halogens is 3. The molecule has 0 aliphatic carbocycles. The summed E-state index contributed by atoms with van der Waals surface area (Å²) in [5, 5.41) is -0.406. The second kappa shape index (κ2) is 3.13. The summed E-state index contributed by atoms with van der Waals surface area (Å²) in [6.45, 7) is 0. The number of alkyl halides is 2. The van der Waals surface area contributed by atoms with Gasteiger partial charge in [0, 0.05) is 0 Å². The largest absolute Gasteiger partial charge is 0.397 e. The highest BCUT2D eigenvalue weighted by molar-refractivity contribution is 7.18. The molecule has 0 unspecified atom stereocenters. The van der Waals surface area contributed by atoms with E-state index in [0.717, 1.165) is 6.07 Å². The van der Waals surface area contributed by atoms with Gasteiger partial charge in [-0.2, -0.15) is 0 Å². The summed E-state index contributed by atoms with van der Waals surface area (Å²) in [5.74, 6) is -0.571. The zero-order chi connectivity index (χ0) is 10.3. The van der Waals surface area contributed by atoms with Gasteiger partial charge in [0.1, 0.15) is 11.3 Å². The van der Waals surface area contributed by atoms with Crippen molar-refractivity contribution in [1.82, 2.24) is 4.98 Å². The highest BCUT2D eigenvalue weighted by atomic mass is 32.1. The average molecular weight is 218 g/mol. The van der Waals surface area contributed by atoms with E-state index < -0.39 is 17.3 Å². The fourth-order valence-corrected chi connectivity index (χ4v) is 1.97. The van der Waals surface area contributed by atoms with Crippen molar-refractivity contribution in [3.63, 3.8) is 0 Å². The first-order valence-corrected chi connectivity index (χ1v) is 4.54. The third kappa shape index (κ3) is 1.31. The van der Waals surface area contributed by atoms with Crippen molar-refractivity contribution in [3.8, 4) is 0 Å². The van der Waals surface area contributed by atoms with E-state index in [9.17, 15) is 13.2 Å². The van der Waals surface area contributed by atoms with Gasteiger partial charge in [0.25, 0.3) is 6.43 Å². The summed E-state index contributed by atoms with van der Waals surface area (Å²) in [7, 11) is 0. The van der Waals surface area contributed by atoms with Crippen LogP contribution in [0.4, 0.5) is 18.9 Å². The first-order valence-electron chi connectivity index (χ1n) is 3.72. The standard InChI is InChI=1S/C8H5F3N2S/c9-3-1-2-4(12)5-6(3)14-8(13-5)7(10)11/h1-2,7H,12H2. The van der Waals surface area contributed by atoms with E-state index in [0.29, 0.717) is 11.3 Å². The Morgan fingerprint density at radius 3 is 2.64 bits per heavy atom. The van der Waals surface area contributed by atoms with Gasteiger partial charge in [0.05, 0.1) is 10.4 Å². The molecule has 0 atom stereocenters. The van der Waals surface area contributed by atoms with Crippen molar-refractivity contribution >= 4 is 27.2 Å². The zero-order valence-corrected chi connectivity index (χ0v) is 7.62. The number of aromatic nitrogens is 1. The van der Waals surface area contributed by atoms with Gasteiger partial charge in [-0.05, 0) is 12.1 Å². The molecule has 2 rings (SSSR count). The highest BCUT2D eigenvalue weighted by Crippen LogP contribution is 2.33. The van der Waals surface area contributed by atoms with Gasteiger partial charge < -0.3 is 5.73 Å². The molecular weight excluding hydrogens is 213 g/mol. The van der Waals surface area contributed by atoms with E-state index in [1.165, 1.54) is 6.07 Å². The number of nitrogens with two attached hydrogens (primary N) is 1. The quantitative estimate of drug-likeness (QED) is 0.747. The molecular formula is C8H5F3N2S. The summed E-state index contributed by atoms with van der Waals surface area (Å²) >= 11 is 0.630. The molecule has 0 bridgehead atoms. The average Bonchev–Trinajstić information content (AvgIpc) is 2.57. The number of hydrogen-bond donors (Lipinski definition) is 1. The molecule has 14 heavy (non-hydrogen) atoms. The third-order valence-electron chi connectivity index (χ3n) is 1.73. The first kappa shape index (κ1) is 9.26. The molecule has 74 valence electrons. The first-order chi connectivity index (χ1) is 6.59. The molecule has 1 aromatic heterocycles. The molecule has 6 heteroatoms. The number of anilines is 1. The van der Waals surface area contributed by atoms with Crippen LogP contribution in [0.15, 0.2) is 12.1 Å². The summed E-state index contributed by atoms with van der Waals surface area (Å²) in [6, 6.07) is 2.46. The molecule has 0 aliphatic rings. The second-order valence-electron chi connectivity index (χ2n) is 2.67. The van der Waals surface area contributed by atoms with Crippen molar-refractivity contribution in [1.29, 1.82) is 0 Å². The van der Waals surface area contributed by atoms with E-state index in [2.05, 4.69) is 4.98 Å². The van der Waals surface area contributed by atoms with Crippen molar-refractivity contribution in [3.05, 3.63) is 23.0 Å². The fraction of sp³-hybridized carbons (Fsp3) is 0.125. The van der Waals surface area contributed by atoms with E-state index in [1.54, 1.807) is 0 Å². The Hall–Kier alpha value is -1.30. The topological polar surface area (TPSA) is 38.9 Å². The molecule has 2 aromatic rings. The smallest absolute Gasteiger partial charge is 0.289 e. The highest BCUT2D eigenvalue weighted by Gasteiger charge is 2.16. The number of rotatable bonds is 1. The lowest BCUT2D eigenvalue weighted by atomic mass is 10.3. The Labute approximate surface area is 81.2 Å². The molecule has 0 amide bonds. The monoisotopic (exact) mass is 218 g/mol. The van der Waals surface area contributed by atoms with Gasteiger partial charge in [0.15, 0.2) is 5.01 Å². The van der Waals surface area contributed by atoms with Crippen molar-refractivity contribution in [2.45, 2.75) is 6.43 Å². The van der Waals surface area contributed by atoms with Crippen LogP contribution in [-0.2, 0) is 0 Å². The summed E-state index contributed by atoms with van der Waals surface area (Å²) < 4.78 is 37.7. The van der Waals surface area contributed by atoms with Crippen LogP contribution >= 0.6 is 11.3 Å². The van der Waals surface area contributed by atoms with E-state index in [-0.39, 0.29) is 15.9 Å². The van der Waals surface area contributed by atoms with Crippen molar-refractivity contribution in [2.75, 3.05) is 5.73 Å². The van der Waals surface area contributed by atoms with E-state index in [1.807, 2.05) is 0 Å². The van der Waals surface area contributed by atoms with Gasteiger partial charge in [-0.25, -0.2) is 18.2 Å². The minimum atomic E-state index is -2.69. The fourth-order valence-electron chi connectivity index (χ4n) is 1.11. The minimum Gasteiger partial charge on any atom is -0.397 e. The number of nitrogen functional groups attached to an aromatic ring is 1. The molecule has 1 aromatic carbocycles. The molecule has 0 radical (unpaired) electrons. The normalized spacial score (nSPS) is 11.4. The third-order valence-corrected chi connectivity index (χ3v) is 2.80. The number of thiazole rings is 1. The van der Waals surface area contributed by atoms with E-state index in [4.69, 9.17) is 5.73 Å². The van der Waals surface area contributed by atoms with Crippen LogP contribution in [0.2, 0.25) is 0 Å². The molecule has 0 saturated carbocycles. The maximum atomic E-state index is 13.1. The van der Waals surface area contributed by atoms with E-state index >= 15 is 0 Å². The molecule has 2 N–H and O–H groups in total. The predicted octanol–water partition coefficient (Wildman–Crippen LogP) is 2.96. The van der Waals surface area contributed by atoms with Crippen LogP contribution in [0.5, 0.6) is 0 Å². The van der Waals surface area contributed by atoms with Crippen LogP contribution in [0.25, 0.3) is 10.2 Å². The SMILES string of the molecule is Nc1ccc(F)c2sc(C(F)F)nc12. The summed E-state index contributed by atoms with van der Waals surface area (Å²) in [6.07, 6.45) is -2.69. The Balaban J connectivity index is 2.75. The molecule has 0 saturated heterocycles. The van der Waals surface area contributed by atoms with Crippen LogP contribution < -0.4 is 5.73 Å². The van der Waals surface area contributed by atoms with Crippen LogP contribution in [0.1, 0.15) is 11.4 Å². The van der Waals surface area contributed by atoms with Gasteiger partial charge in [-0.15, -0.1) is 11.3 Å². The maximum absolute atomic E-state index is 13.1. The van der Waals surface area contributed by atoms with Gasteiger partial charge >= 0.3 is 0 Å². The lowest BCUT2D eigenvalue weighted by molar-refractivity contribution is 0.151. The number of fused-ring (bicyclic) bond motifs is 1. The Morgan fingerprint density at radius 2 is 2.07 bits per heavy atom. The van der Waals surface area contributed by atoms with Gasteiger partial charge in [0.2, 0.25) is 0 Å². The van der Waals surface area contributed by atoms with Crippen molar-refractivity contribution in [2.24, 2.45) is 0 Å². The van der Waals surface area contributed by atoms with Crippen LogP contribution in [-0.4, -0.2) is 4.98 Å². The Kier molecular flexibility index (Phi) is 2.07. The Bertz CT molecular complexity index is 442. The summed E-state index contributed by atoms with van der Waals surface area (Å²) in [5.41, 5.74) is 5.80. The molecule has 0 aliphatic heterocycles. The van der Waals surface area contributed by atoms with Crippen LogP contribution in [0.3, 0.4) is 0 Å². The molecule has 2 nitrogen and oxygen atoms in total. The van der Waals surface area contributed by atoms with Crippen molar-refractivity contribution < 1.29 is 13.2 Å². The zero-order valence-electron chi connectivity index (χ0n) is 6.80. The molecule has 0 fully saturated rings. The van der Waals surface area contributed by atoms with Gasteiger partial charge in [-0.1, -0.05) is 0 Å². The molecule has 0 spiro atoms. The summed E-state index contributed by atoms with van der Waals surface area (Å²) in [4.78, 5) is 3.58. The maximum Gasteiger partial charge on any atom is 0.289 e. The number of hydrogen-bond acceptors (Lipinski definition) is 3. The lowest BCUT2D eigenvalue weighted by Gasteiger charge is -1.93. The second-order valence-corrected chi connectivity index (χ2v) is 3.70. The lowest BCUT2D eigenvalue weighted by Crippen LogP contribution is -1.88. The van der Waals surface area contributed by atoms with Crippen LogP contribution in [0, 0.1) is 5.82 Å². The van der Waals surface area contributed by atoms with Gasteiger partial charge in [-0.3, -0.25) is 0 Å². The number of benzene rings is 1. The predicted molar refractivity (Wildman–Crippen MR) is 48.9 cm³/mol. The number of nitrogens with zero attached hydrogens (tertiary/aromatic N) is 1.